The number of methoxy groups -OCH3 is 1. The highest BCUT2D eigenvalue weighted by molar-refractivity contribution is 5.98. The lowest BCUT2D eigenvalue weighted by atomic mass is 10.1. The molecule has 0 aromatic carbocycles. The van der Waals surface area contributed by atoms with E-state index in [0.29, 0.717) is 30.6 Å². The van der Waals surface area contributed by atoms with Gasteiger partial charge in [0.15, 0.2) is 0 Å². The molecule has 3 heterocycles. The van der Waals surface area contributed by atoms with Crippen LogP contribution in [0.2, 0.25) is 0 Å². The third kappa shape index (κ3) is 3.60. The Kier molecular flexibility index (Phi) is 5.53. The minimum absolute atomic E-state index is 0.00311. The Balaban J connectivity index is 1.46. The smallest absolute Gasteiger partial charge is 0.256 e. The second-order valence-electron chi connectivity index (χ2n) is 8.16. The summed E-state index contributed by atoms with van der Waals surface area (Å²) in [5.74, 6) is 0.562. The molecule has 2 aliphatic heterocycles. The van der Waals surface area contributed by atoms with Gasteiger partial charge in [-0.3, -0.25) is 14.5 Å². The monoisotopic (exact) mass is 386 g/mol. The number of nitrogens with zero attached hydrogens (tertiary/aromatic N) is 3. The van der Waals surface area contributed by atoms with Crippen LogP contribution in [-0.4, -0.2) is 58.9 Å². The van der Waals surface area contributed by atoms with Gasteiger partial charge in [0.25, 0.3) is 5.91 Å². The van der Waals surface area contributed by atoms with Crippen LogP contribution in [0.25, 0.3) is 0 Å². The fourth-order valence-electron chi connectivity index (χ4n) is 4.71. The van der Waals surface area contributed by atoms with Crippen molar-refractivity contribution in [2.45, 2.75) is 70.6 Å². The topological polar surface area (TPSA) is 74.8 Å². The minimum Gasteiger partial charge on any atom is -0.481 e. The number of nitrogens with one attached hydrogen (secondary N) is 1. The maximum absolute atomic E-state index is 12.9. The molecule has 2 fully saturated rings. The molecular weight excluding hydrogens is 356 g/mol. The molecule has 0 spiro atoms. The number of pyridine rings is 1. The van der Waals surface area contributed by atoms with E-state index in [1.807, 2.05) is 17.9 Å². The van der Waals surface area contributed by atoms with Crippen LogP contribution >= 0.6 is 0 Å². The van der Waals surface area contributed by atoms with E-state index in [9.17, 15) is 9.59 Å². The molecule has 2 amide bonds. The normalized spacial score (nSPS) is 21.2. The van der Waals surface area contributed by atoms with Gasteiger partial charge >= 0.3 is 0 Å². The molecule has 3 aliphatic rings. The zero-order chi connectivity index (χ0) is 19.7. The molecule has 152 valence electrons. The van der Waals surface area contributed by atoms with Crippen LogP contribution in [0.5, 0.6) is 5.88 Å². The number of hydrogen-bond donors (Lipinski definition) is 1. The number of rotatable bonds is 6. The van der Waals surface area contributed by atoms with Crippen molar-refractivity contribution in [3.05, 3.63) is 22.9 Å². The quantitative estimate of drug-likeness (QED) is 0.810. The van der Waals surface area contributed by atoms with Gasteiger partial charge in [-0.15, -0.1) is 0 Å². The summed E-state index contributed by atoms with van der Waals surface area (Å²) < 4.78 is 5.46. The molecule has 0 radical (unpaired) electrons. The molecule has 1 unspecified atom stereocenters. The van der Waals surface area contributed by atoms with Gasteiger partial charge in [0.1, 0.15) is 0 Å². The van der Waals surface area contributed by atoms with Gasteiger partial charge < -0.3 is 15.0 Å². The third-order valence-corrected chi connectivity index (χ3v) is 6.43. The summed E-state index contributed by atoms with van der Waals surface area (Å²) in [6.45, 7) is 4.78. The Morgan fingerprint density at radius 1 is 1.29 bits per heavy atom. The van der Waals surface area contributed by atoms with Gasteiger partial charge in [-0.2, -0.15) is 0 Å². The van der Waals surface area contributed by atoms with E-state index in [1.165, 1.54) is 12.8 Å². The first-order valence-corrected chi connectivity index (χ1v) is 10.5. The van der Waals surface area contributed by atoms with Crippen LogP contribution in [0.4, 0.5) is 0 Å². The van der Waals surface area contributed by atoms with Gasteiger partial charge in [-0.1, -0.05) is 12.8 Å². The number of hydrogen-bond acceptors (Lipinski definition) is 5. The maximum atomic E-state index is 12.9. The molecule has 28 heavy (non-hydrogen) atoms. The second-order valence-corrected chi connectivity index (χ2v) is 8.16. The lowest BCUT2D eigenvalue weighted by Crippen LogP contribution is -2.43. The summed E-state index contributed by atoms with van der Waals surface area (Å²) in [7, 11) is 1.58. The zero-order valence-corrected chi connectivity index (χ0v) is 16.9. The maximum Gasteiger partial charge on any atom is 0.256 e. The average Bonchev–Trinajstić information content (AvgIpc) is 3.46. The number of carbonyl (C=O) groups excluding carboxylic acids is 2. The van der Waals surface area contributed by atoms with Gasteiger partial charge in [0, 0.05) is 18.2 Å². The van der Waals surface area contributed by atoms with Crippen LogP contribution in [0.15, 0.2) is 6.07 Å². The molecule has 1 N–H and O–H groups in total. The Morgan fingerprint density at radius 3 is 2.68 bits per heavy atom. The standard InChI is InChI=1S/C21H30N4O3/c1-14(24-9-5-6-10-24)19(26)22-12-15-11-17-18(23-20(15)28-2)13-25(21(17)27)16-7-3-4-8-16/h11,14,16H,3-10,12-13H2,1-2H3,(H,22,26). The van der Waals surface area contributed by atoms with Crippen molar-refractivity contribution in [1.29, 1.82) is 0 Å². The number of likely N-dealkylation sites (tertiary alicyclic amines) is 1. The van der Waals surface area contributed by atoms with Crippen molar-refractivity contribution >= 4 is 11.8 Å². The van der Waals surface area contributed by atoms with Crippen LogP contribution in [0.1, 0.15) is 67.1 Å². The highest BCUT2D eigenvalue weighted by Crippen LogP contribution is 2.33. The number of ether oxygens (including phenoxy) is 1. The van der Waals surface area contributed by atoms with Crippen molar-refractivity contribution in [2.75, 3.05) is 20.2 Å². The SMILES string of the molecule is COc1nc2c(cc1CNC(=O)C(C)N1CCCC1)C(=O)N(C1CCCC1)C2. The number of aromatic nitrogens is 1. The Morgan fingerprint density at radius 2 is 2.00 bits per heavy atom. The summed E-state index contributed by atoms with van der Waals surface area (Å²) in [6, 6.07) is 2.05. The molecule has 1 aliphatic carbocycles. The van der Waals surface area contributed by atoms with Crippen molar-refractivity contribution in [1.82, 2.24) is 20.1 Å². The first kappa shape index (κ1) is 19.2. The highest BCUT2D eigenvalue weighted by Gasteiger charge is 2.36. The van der Waals surface area contributed by atoms with Gasteiger partial charge in [0.05, 0.1) is 31.0 Å². The summed E-state index contributed by atoms with van der Waals surface area (Å²) in [5, 5.41) is 3.00. The van der Waals surface area contributed by atoms with Gasteiger partial charge in [-0.25, -0.2) is 4.98 Å². The van der Waals surface area contributed by atoms with Crippen molar-refractivity contribution in [3.8, 4) is 5.88 Å². The fraction of sp³-hybridized carbons (Fsp3) is 0.667. The number of fused-ring (bicyclic) bond motifs is 1. The Labute approximate surface area is 166 Å². The van der Waals surface area contributed by atoms with E-state index in [-0.39, 0.29) is 17.9 Å². The van der Waals surface area contributed by atoms with Gasteiger partial charge in [0.2, 0.25) is 11.8 Å². The molecule has 1 saturated heterocycles. The van der Waals surface area contributed by atoms with Crippen LogP contribution < -0.4 is 10.1 Å². The number of amides is 2. The Bertz CT molecular complexity index is 754. The van der Waals surface area contributed by atoms with Gasteiger partial charge in [-0.05, 0) is 51.8 Å². The summed E-state index contributed by atoms with van der Waals surface area (Å²) in [5.41, 5.74) is 2.20. The van der Waals surface area contributed by atoms with E-state index in [1.54, 1.807) is 7.11 Å². The molecule has 7 nitrogen and oxygen atoms in total. The lowest BCUT2D eigenvalue weighted by Gasteiger charge is -2.23. The molecule has 1 saturated carbocycles. The van der Waals surface area contributed by atoms with E-state index in [0.717, 1.165) is 50.0 Å². The molecule has 4 rings (SSSR count). The highest BCUT2D eigenvalue weighted by atomic mass is 16.5. The summed E-state index contributed by atoms with van der Waals surface area (Å²) >= 11 is 0. The minimum atomic E-state index is -0.143. The molecular formula is C21H30N4O3. The van der Waals surface area contributed by atoms with Crippen LogP contribution in [-0.2, 0) is 17.9 Å². The lowest BCUT2D eigenvalue weighted by molar-refractivity contribution is -0.125. The van der Waals surface area contributed by atoms with Crippen LogP contribution in [0.3, 0.4) is 0 Å². The predicted molar refractivity (Wildman–Crippen MR) is 105 cm³/mol. The average molecular weight is 386 g/mol. The van der Waals surface area contributed by atoms with E-state index < -0.39 is 0 Å². The summed E-state index contributed by atoms with van der Waals surface area (Å²) in [6.07, 6.45) is 6.84. The van der Waals surface area contributed by atoms with Crippen molar-refractivity contribution in [2.24, 2.45) is 0 Å². The third-order valence-electron chi connectivity index (χ3n) is 6.43. The molecule has 7 heteroatoms. The summed E-state index contributed by atoms with van der Waals surface area (Å²) in [4.78, 5) is 34.2. The fourth-order valence-corrected chi connectivity index (χ4v) is 4.71. The van der Waals surface area contributed by atoms with E-state index >= 15 is 0 Å². The molecule has 0 bridgehead atoms. The van der Waals surface area contributed by atoms with E-state index in [2.05, 4.69) is 15.2 Å². The van der Waals surface area contributed by atoms with Crippen LogP contribution in [0, 0.1) is 0 Å². The van der Waals surface area contributed by atoms with Crippen molar-refractivity contribution in [3.63, 3.8) is 0 Å². The second kappa shape index (κ2) is 8.07. The zero-order valence-electron chi connectivity index (χ0n) is 16.9. The van der Waals surface area contributed by atoms with Crippen molar-refractivity contribution < 1.29 is 14.3 Å². The molecule has 1 aromatic heterocycles. The molecule has 1 aromatic rings. The number of carbonyl (C=O) groups is 2. The largest absolute Gasteiger partial charge is 0.481 e. The first-order chi connectivity index (χ1) is 13.6. The molecule has 1 atom stereocenters. The first-order valence-electron chi connectivity index (χ1n) is 10.5. The predicted octanol–water partition coefficient (Wildman–Crippen LogP) is 2.09. The Hall–Kier alpha value is -2.15. The van der Waals surface area contributed by atoms with E-state index in [4.69, 9.17) is 4.74 Å².